The van der Waals surface area contributed by atoms with Crippen LogP contribution in [0.5, 0.6) is 0 Å². The Hall–Kier alpha value is -1.62. The number of rotatable bonds is 1. The molecule has 5 heteroatoms. The van der Waals surface area contributed by atoms with E-state index in [1.165, 1.54) is 0 Å². The fourth-order valence-corrected chi connectivity index (χ4v) is 1.96. The summed E-state index contributed by atoms with van der Waals surface area (Å²) in [6, 6.07) is 4.15. The van der Waals surface area contributed by atoms with Crippen LogP contribution in [0.25, 0.3) is 11.2 Å². The van der Waals surface area contributed by atoms with E-state index in [1.54, 1.807) is 6.20 Å². The van der Waals surface area contributed by atoms with Crippen molar-refractivity contribution in [2.45, 2.75) is 12.5 Å². The Morgan fingerprint density at radius 2 is 2.47 bits per heavy atom. The number of anilines is 1. The van der Waals surface area contributed by atoms with Gasteiger partial charge in [-0.3, -0.25) is 0 Å². The number of hydrogen-bond acceptors (Lipinski definition) is 4. The van der Waals surface area contributed by atoms with Gasteiger partial charge < -0.3 is 15.6 Å². The predicted octanol–water partition coefficient (Wildman–Crippen LogP) is 0.495. The lowest BCUT2D eigenvalue weighted by Gasteiger charge is -2.12. The number of pyridine rings is 1. The van der Waals surface area contributed by atoms with Gasteiger partial charge in [-0.25, -0.2) is 4.98 Å². The van der Waals surface area contributed by atoms with E-state index in [0.29, 0.717) is 0 Å². The minimum Gasteiger partial charge on any atom is -0.341 e. The van der Waals surface area contributed by atoms with Crippen molar-refractivity contribution in [3.63, 3.8) is 0 Å². The van der Waals surface area contributed by atoms with Crippen molar-refractivity contribution in [2.24, 2.45) is 5.73 Å². The third-order valence-corrected chi connectivity index (χ3v) is 2.77. The zero-order valence-corrected chi connectivity index (χ0v) is 8.35. The molecule has 3 N–H and O–H groups in total. The van der Waals surface area contributed by atoms with Crippen molar-refractivity contribution in [2.75, 3.05) is 18.0 Å². The number of aromatic nitrogens is 3. The molecule has 78 valence electrons. The third-order valence-electron chi connectivity index (χ3n) is 2.77. The molecule has 0 unspecified atom stereocenters. The van der Waals surface area contributed by atoms with Crippen molar-refractivity contribution in [3.8, 4) is 0 Å². The molecule has 0 saturated carbocycles. The first-order chi connectivity index (χ1) is 7.33. The minimum atomic E-state index is 0.270. The Balaban J connectivity index is 1.98. The molecule has 2 aromatic heterocycles. The average Bonchev–Trinajstić information content (AvgIpc) is 2.82. The van der Waals surface area contributed by atoms with Gasteiger partial charge in [-0.15, -0.1) is 0 Å². The van der Waals surface area contributed by atoms with Crippen LogP contribution in [0.3, 0.4) is 0 Å². The molecule has 15 heavy (non-hydrogen) atoms. The van der Waals surface area contributed by atoms with Crippen LogP contribution < -0.4 is 10.6 Å². The van der Waals surface area contributed by atoms with Gasteiger partial charge >= 0.3 is 0 Å². The lowest BCUT2D eigenvalue weighted by molar-refractivity contribution is 0.751. The van der Waals surface area contributed by atoms with Crippen molar-refractivity contribution >= 4 is 17.1 Å². The van der Waals surface area contributed by atoms with E-state index in [9.17, 15) is 0 Å². The molecule has 1 saturated heterocycles. The summed E-state index contributed by atoms with van der Waals surface area (Å²) < 4.78 is 0. The van der Waals surface area contributed by atoms with Gasteiger partial charge in [0.25, 0.3) is 0 Å². The van der Waals surface area contributed by atoms with Crippen LogP contribution in [-0.4, -0.2) is 34.1 Å². The fourth-order valence-electron chi connectivity index (χ4n) is 1.96. The molecule has 3 heterocycles. The summed E-state index contributed by atoms with van der Waals surface area (Å²) >= 11 is 0. The molecule has 0 aromatic carbocycles. The second-order valence-corrected chi connectivity index (χ2v) is 3.93. The summed E-state index contributed by atoms with van der Waals surface area (Å²) in [6.07, 6.45) is 2.78. The summed E-state index contributed by atoms with van der Waals surface area (Å²) in [4.78, 5) is 14.1. The van der Waals surface area contributed by atoms with Gasteiger partial charge in [0, 0.05) is 25.3 Å². The lowest BCUT2D eigenvalue weighted by Crippen LogP contribution is -2.26. The topological polar surface area (TPSA) is 70.8 Å². The van der Waals surface area contributed by atoms with Crippen LogP contribution in [-0.2, 0) is 0 Å². The van der Waals surface area contributed by atoms with Crippen molar-refractivity contribution in [1.82, 2.24) is 15.0 Å². The number of fused-ring (bicyclic) bond motifs is 1. The summed E-state index contributed by atoms with van der Waals surface area (Å²) in [5.41, 5.74) is 7.61. The first kappa shape index (κ1) is 8.67. The molecule has 1 fully saturated rings. The Kier molecular flexibility index (Phi) is 1.85. The molecular formula is C10H13N5. The van der Waals surface area contributed by atoms with Gasteiger partial charge in [0.2, 0.25) is 5.95 Å². The fraction of sp³-hybridized carbons (Fsp3) is 0.400. The molecule has 2 aromatic rings. The highest BCUT2D eigenvalue weighted by atomic mass is 15.3. The van der Waals surface area contributed by atoms with Crippen LogP contribution in [0.2, 0.25) is 0 Å². The summed E-state index contributed by atoms with van der Waals surface area (Å²) in [5.74, 6) is 0.886. The number of nitrogens with one attached hydrogen (secondary N) is 1. The first-order valence-electron chi connectivity index (χ1n) is 5.14. The van der Waals surface area contributed by atoms with Gasteiger partial charge in [-0.1, -0.05) is 0 Å². The standard InChI is InChI=1S/C10H13N5/c11-7-3-5-15(6-7)10-13-8-2-1-4-12-9(8)14-10/h1-2,4,7H,3,5-6,11H2,(H,12,13,14)/t7-/m0/s1. The molecule has 0 radical (unpaired) electrons. The van der Waals surface area contributed by atoms with Crippen molar-refractivity contribution < 1.29 is 0 Å². The average molecular weight is 203 g/mol. The normalized spacial score (nSPS) is 21.4. The molecule has 0 bridgehead atoms. The highest BCUT2D eigenvalue weighted by Crippen LogP contribution is 2.18. The highest BCUT2D eigenvalue weighted by molar-refractivity contribution is 5.73. The largest absolute Gasteiger partial charge is 0.341 e. The first-order valence-corrected chi connectivity index (χ1v) is 5.14. The quantitative estimate of drug-likeness (QED) is 0.707. The van der Waals surface area contributed by atoms with Gasteiger partial charge in [-0.05, 0) is 18.6 Å². The van der Waals surface area contributed by atoms with Crippen LogP contribution in [0.15, 0.2) is 18.3 Å². The second-order valence-electron chi connectivity index (χ2n) is 3.93. The zero-order valence-electron chi connectivity index (χ0n) is 8.35. The maximum atomic E-state index is 5.86. The van der Waals surface area contributed by atoms with E-state index in [2.05, 4.69) is 19.9 Å². The summed E-state index contributed by atoms with van der Waals surface area (Å²) in [7, 11) is 0. The molecule has 1 aliphatic heterocycles. The predicted molar refractivity (Wildman–Crippen MR) is 58.7 cm³/mol. The smallest absolute Gasteiger partial charge is 0.205 e. The van der Waals surface area contributed by atoms with E-state index in [-0.39, 0.29) is 6.04 Å². The van der Waals surface area contributed by atoms with Crippen LogP contribution in [0, 0.1) is 0 Å². The SMILES string of the molecule is N[C@H]1CCN(c2nc3ncccc3[nH]2)C1. The monoisotopic (exact) mass is 203 g/mol. The number of hydrogen-bond donors (Lipinski definition) is 2. The number of aromatic amines is 1. The van der Waals surface area contributed by atoms with Crippen LogP contribution in [0.1, 0.15) is 6.42 Å². The van der Waals surface area contributed by atoms with Gasteiger partial charge in [-0.2, -0.15) is 4.98 Å². The Morgan fingerprint density at radius 3 is 3.20 bits per heavy atom. The van der Waals surface area contributed by atoms with E-state index < -0.39 is 0 Å². The Morgan fingerprint density at radius 1 is 1.53 bits per heavy atom. The molecule has 5 nitrogen and oxygen atoms in total. The van der Waals surface area contributed by atoms with Crippen molar-refractivity contribution in [3.05, 3.63) is 18.3 Å². The van der Waals surface area contributed by atoms with Gasteiger partial charge in [0.1, 0.15) is 0 Å². The van der Waals surface area contributed by atoms with E-state index in [1.807, 2.05) is 12.1 Å². The number of nitrogens with two attached hydrogens (primary N) is 1. The molecule has 0 amide bonds. The van der Waals surface area contributed by atoms with E-state index in [4.69, 9.17) is 5.73 Å². The zero-order chi connectivity index (χ0) is 10.3. The molecule has 1 aliphatic rings. The lowest BCUT2D eigenvalue weighted by atomic mass is 10.3. The number of imidazole rings is 1. The highest BCUT2D eigenvalue weighted by Gasteiger charge is 2.21. The Bertz CT molecular complexity index is 444. The molecular weight excluding hydrogens is 190 g/mol. The molecule has 1 atom stereocenters. The van der Waals surface area contributed by atoms with Gasteiger partial charge in [0.05, 0.1) is 5.52 Å². The maximum Gasteiger partial charge on any atom is 0.205 e. The summed E-state index contributed by atoms with van der Waals surface area (Å²) in [6.45, 7) is 1.85. The second kappa shape index (κ2) is 3.20. The van der Waals surface area contributed by atoms with Crippen LogP contribution in [0.4, 0.5) is 5.95 Å². The van der Waals surface area contributed by atoms with Crippen molar-refractivity contribution in [1.29, 1.82) is 0 Å². The maximum absolute atomic E-state index is 5.86. The third kappa shape index (κ3) is 1.45. The Labute approximate surface area is 87.3 Å². The number of H-pyrrole nitrogens is 1. The minimum absolute atomic E-state index is 0.270. The van der Waals surface area contributed by atoms with E-state index >= 15 is 0 Å². The molecule has 0 aliphatic carbocycles. The molecule has 0 spiro atoms. The van der Waals surface area contributed by atoms with Gasteiger partial charge in [0.15, 0.2) is 5.65 Å². The van der Waals surface area contributed by atoms with E-state index in [0.717, 1.165) is 36.6 Å². The molecule has 3 rings (SSSR count). The number of nitrogens with zero attached hydrogens (tertiary/aromatic N) is 3. The summed E-state index contributed by atoms with van der Waals surface area (Å²) in [5, 5.41) is 0. The van der Waals surface area contributed by atoms with Crippen LogP contribution >= 0.6 is 0 Å².